The Bertz CT molecular complexity index is 1110. The van der Waals surface area contributed by atoms with E-state index in [1.807, 2.05) is 0 Å². The lowest BCUT2D eigenvalue weighted by atomic mass is 9.83. The minimum absolute atomic E-state index is 0.0476. The Morgan fingerprint density at radius 1 is 0.674 bits per heavy atom. The molecule has 0 aliphatic rings. The van der Waals surface area contributed by atoms with Gasteiger partial charge in [0.1, 0.15) is 16.9 Å². The van der Waals surface area contributed by atoms with E-state index in [0.717, 1.165) is 38.5 Å². The SMILES string of the molecule is CCCC(CC)CC(=O)Nc1ccc(C=C(O)C(CO)(CO)C(O)=Cc2ccc(NC(=O)CC(CC)CCC)cc2)cc1. The Kier molecular flexibility index (Phi) is 15.0. The highest BCUT2D eigenvalue weighted by molar-refractivity contribution is 5.91. The molecule has 0 saturated carbocycles. The number of benzene rings is 2. The van der Waals surface area contributed by atoms with Crippen molar-refractivity contribution in [3.8, 4) is 0 Å². The third kappa shape index (κ3) is 10.9. The van der Waals surface area contributed by atoms with Crippen molar-refractivity contribution in [2.24, 2.45) is 17.3 Å². The summed E-state index contributed by atoms with van der Waals surface area (Å²) in [6.07, 6.45) is 9.63. The number of nitrogens with one attached hydrogen (secondary N) is 2. The van der Waals surface area contributed by atoms with Crippen molar-refractivity contribution in [2.45, 2.75) is 79.1 Å². The summed E-state index contributed by atoms with van der Waals surface area (Å²) in [5.74, 6) is -0.239. The van der Waals surface area contributed by atoms with E-state index in [9.17, 15) is 30.0 Å². The molecule has 0 saturated heterocycles. The molecular formula is C35H50N2O6. The van der Waals surface area contributed by atoms with E-state index in [4.69, 9.17) is 0 Å². The zero-order valence-electron chi connectivity index (χ0n) is 26.1. The number of rotatable bonds is 18. The first-order valence-corrected chi connectivity index (χ1v) is 15.5. The molecule has 236 valence electrons. The van der Waals surface area contributed by atoms with Crippen LogP contribution >= 0.6 is 0 Å². The van der Waals surface area contributed by atoms with E-state index in [0.29, 0.717) is 47.2 Å². The van der Waals surface area contributed by atoms with Crippen LogP contribution in [0.3, 0.4) is 0 Å². The molecule has 0 aliphatic carbocycles. The maximum atomic E-state index is 12.4. The summed E-state index contributed by atoms with van der Waals surface area (Å²) < 4.78 is 0. The molecule has 0 radical (unpaired) electrons. The smallest absolute Gasteiger partial charge is 0.224 e. The molecule has 8 heteroatoms. The number of carbonyl (C=O) groups excluding carboxylic acids is 2. The maximum Gasteiger partial charge on any atom is 0.224 e. The number of carbonyl (C=O) groups is 2. The first-order chi connectivity index (χ1) is 20.6. The number of aliphatic hydroxyl groups is 4. The molecule has 0 heterocycles. The lowest BCUT2D eigenvalue weighted by molar-refractivity contribution is -0.118. The van der Waals surface area contributed by atoms with Crippen molar-refractivity contribution >= 4 is 35.3 Å². The molecule has 6 N–H and O–H groups in total. The number of hydrogen-bond donors (Lipinski definition) is 6. The summed E-state index contributed by atoms with van der Waals surface area (Å²) >= 11 is 0. The molecule has 2 aromatic carbocycles. The number of anilines is 2. The van der Waals surface area contributed by atoms with E-state index < -0.39 is 30.1 Å². The van der Waals surface area contributed by atoms with E-state index in [1.165, 1.54) is 12.2 Å². The highest BCUT2D eigenvalue weighted by Gasteiger charge is 2.38. The van der Waals surface area contributed by atoms with E-state index in [2.05, 4.69) is 38.3 Å². The fraction of sp³-hybridized carbons (Fsp3) is 0.486. The van der Waals surface area contributed by atoms with Gasteiger partial charge >= 0.3 is 0 Å². The van der Waals surface area contributed by atoms with Crippen molar-refractivity contribution in [1.29, 1.82) is 0 Å². The molecule has 2 unspecified atom stereocenters. The number of hydrogen-bond acceptors (Lipinski definition) is 6. The zero-order valence-corrected chi connectivity index (χ0v) is 26.1. The van der Waals surface area contributed by atoms with Gasteiger partial charge in [-0.05, 0) is 59.4 Å². The van der Waals surface area contributed by atoms with Crippen LogP contribution < -0.4 is 10.6 Å². The third-order valence-electron chi connectivity index (χ3n) is 8.01. The molecule has 2 atom stereocenters. The van der Waals surface area contributed by atoms with Crippen molar-refractivity contribution < 1.29 is 30.0 Å². The Labute approximate surface area is 256 Å². The monoisotopic (exact) mass is 594 g/mol. The molecule has 0 spiro atoms. The average molecular weight is 595 g/mol. The summed E-state index contributed by atoms with van der Waals surface area (Å²) in [4.78, 5) is 24.8. The van der Waals surface area contributed by atoms with Crippen LogP contribution in [0.4, 0.5) is 11.4 Å². The van der Waals surface area contributed by atoms with Crippen LogP contribution in [0.15, 0.2) is 60.0 Å². The van der Waals surface area contributed by atoms with Crippen molar-refractivity contribution in [1.82, 2.24) is 0 Å². The predicted octanol–water partition coefficient (Wildman–Crippen LogP) is 7.47. The molecule has 0 bridgehead atoms. The third-order valence-corrected chi connectivity index (χ3v) is 8.01. The van der Waals surface area contributed by atoms with Gasteiger partial charge in [0.15, 0.2) is 0 Å². The van der Waals surface area contributed by atoms with Gasteiger partial charge in [-0.2, -0.15) is 0 Å². The largest absolute Gasteiger partial charge is 0.511 e. The van der Waals surface area contributed by atoms with E-state index in [-0.39, 0.29) is 11.8 Å². The molecule has 43 heavy (non-hydrogen) atoms. The summed E-state index contributed by atoms with van der Waals surface area (Å²) in [6, 6.07) is 13.6. The molecule has 2 amide bonds. The van der Waals surface area contributed by atoms with Gasteiger partial charge in [-0.15, -0.1) is 0 Å². The Balaban J connectivity index is 2.14. The molecule has 2 aromatic rings. The van der Waals surface area contributed by atoms with Gasteiger partial charge in [-0.25, -0.2) is 0 Å². The van der Waals surface area contributed by atoms with Gasteiger partial charge in [0.05, 0.1) is 13.2 Å². The highest BCUT2D eigenvalue weighted by Crippen LogP contribution is 2.35. The first kappa shape index (κ1) is 35.6. The molecule has 8 nitrogen and oxygen atoms in total. The Morgan fingerprint density at radius 3 is 1.30 bits per heavy atom. The Morgan fingerprint density at radius 2 is 1.02 bits per heavy atom. The van der Waals surface area contributed by atoms with Crippen molar-refractivity contribution in [3.05, 3.63) is 71.2 Å². The van der Waals surface area contributed by atoms with Crippen LogP contribution in [-0.4, -0.2) is 45.5 Å². The maximum absolute atomic E-state index is 12.4. The quantitative estimate of drug-likeness (QED) is 0.0990. The molecule has 2 rings (SSSR count). The van der Waals surface area contributed by atoms with Crippen LogP contribution in [0.25, 0.3) is 12.2 Å². The van der Waals surface area contributed by atoms with Crippen LogP contribution in [0, 0.1) is 17.3 Å². The van der Waals surface area contributed by atoms with Crippen LogP contribution in [0.5, 0.6) is 0 Å². The fourth-order valence-electron chi connectivity index (χ4n) is 5.09. The van der Waals surface area contributed by atoms with Crippen LogP contribution in [0.1, 0.15) is 90.2 Å². The first-order valence-electron chi connectivity index (χ1n) is 15.5. The number of amides is 2. The highest BCUT2D eigenvalue weighted by atomic mass is 16.3. The second kappa shape index (κ2) is 18.1. The predicted molar refractivity (Wildman–Crippen MR) is 175 cm³/mol. The fourth-order valence-corrected chi connectivity index (χ4v) is 5.09. The van der Waals surface area contributed by atoms with Gasteiger partial charge in [0.2, 0.25) is 11.8 Å². The van der Waals surface area contributed by atoms with Gasteiger partial charge < -0.3 is 31.1 Å². The minimum Gasteiger partial charge on any atom is -0.511 e. The molecule has 0 fully saturated rings. The van der Waals surface area contributed by atoms with Gasteiger partial charge in [0.25, 0.3) is 0 Å². The van der Waals surface area contributed by atoms with Crippen LogP contribution in [0.2, 0.25) is 0 Å². The minimum atomic E-state index is -1.83. The summed E-state index contributed by atoms with van der Waals surface area (Å²) in [5, 5.41) is 48.0. The lowest BCUT2D eigenvalue weighted by Crippen LogP contribution is -2.34. The molecular weight excluding hydrogens is 544 g/mol. The molecule has 0 aliphatic heterocycles. The van der Waals surface area contributed by atoms with Crippen molar-refractivity contribution in [3.63, 3.8) is 0 Å². The molecule has 0 aromatic heterocycles. The van der Waals surface area contributed by atoms with E-state index >= 15 is 0 Å². The normalized spacial score (nSPS) is 13.8. The standard InChI is InChI=1S/C35H50N2O6/c1-5-9-25(7-3)21-33(42)36-29-15-11-27(12-16-29)19-31(40)35(23-38,24-39)32(41)20-28-13-17-30(18-14-28)37-34(43)22-26(8-4)10-6-2/h11-20,25-26,38-41H,5-10,21-24H2,1-4H3,(H,36,42)(H,37,43). The van der Waals surface area contributed by atoms with Gasteiger partial charge in [-0.3, -0.25) is 9.59 Å². The lowest BCUT2D eigenvalue weighted by Gasteiger charge is -2.28. The summed E-state index contributed by atoms with van der Waals surface area (Å²) in [6.45, 7) is 6.89. The second-order valence-corrected chi connectivity index (χ2v) is 11.3. The second-order valence-electron chi connectivity index (χ2n) is 11.3. The van der Waals surface area contributed by atoms with Gasteiger partial charge in [0, 0.05) is 24.2 Å². The Hall–Kier alpha value is -3.62. The number of aliphatic hydroxyl groups excluding tert-OH is 4. The summed E-state index contributed by atoms with van der Waals surface area (Å²) in [7, 11) is 0. The van der Waals surface area contributed by atoms with Crippen LogP contribution in [-0.2, 0) is 9.59 Å². The average Bonchev–Trinajstić information content (AvgIpc) is 2.99. The van der Waals surface area contributed by atoms with Gasteiger partial charge in [-0.1, -0.05) is 90.5 Å². The summed E-state index contributed by atoms with van der Waals surface area (Å²) in [5.41, 5.74) is 0.518. The van der Waals surface area contributed by atoms with Crippen molar-refractivity contribution in [2.75, 3.05) is 23.8 Å². The topological polar surface area (TPSA) is 139 Å². The zero-order chi connectivity index (χ0) is 31.8. The van der Waals surface area contributed by atoms with E-state index in [1.54, 1.807) is 48.5 Å².